The lowest BCUT2D eigenvalue weighted by molar-refractivity contribution is -0.132. The number of ether oxygens (including phenoxy) is 2. The van der Waals surface area contributed by atoms with Gasteiger partial charge in [-0.15, -0.1) is 0 Å². The third kappa shape index (κ3) is 9.77. The molecule has 0 saturated heterocycles. The molecule has 10 heteroatoms. The Kier molecular flexibility index (Phi) is 11.0. The zero-order valence-electron chi connectivity index (χ0n) is 21.2. The van der Waals surface area contributed by atoms with Gasteiger partial charge in [0.1, 0.15) is 6.10 Å². The summed E-state index contributed by atoms with van der Waals surface area (Å²) in [5, 5.41) is 7.57. The molecule has 9 nitrogen and oxygen atoms in total. The molecular weight excluding hydrogens is 474 g/mol. The zero-order chi connectivity index (χ0) is 27.0. The fourth-order valence-electron chi connectivity index (χ4n) is 2.94. The van der Waals surface area contributed by atoms with E-state index in [1.807, 2.05) is 20.8 Å². The lowest BCUT2D eigenvalue weighted by Crippen LogP contribution is -2.42. The fourth-order valence-corrected chi connectivity index (χ4v) is 3.55. The van der Waals surface area contributed by atoms with Gasteiger partial charge in [0.05, 0.1) is 11.8 Å². The van der Waals surface area contributed by atoms with Crippen LogP contribution >= 0.6 is 0 Å². The van der Waals surface area contributed by atoms with Crippen LogP contribution in [0, 0.1) is 12.3 Å². The average molecular weight is 510 g/mol. The maximum absolute atomic E-state index is 12.8. The summed E-state index contributed by atoms with van der Waals surface area (Å²) in [4.78, 5) is 24.3. The van der Waals surface area contributed by atoms with Gasteiger partial charge in [-0.1, -0.05) is 45.0 Å². The molecule has 2 unspecified atom stereocenters. The summed E-state index contributed by atoms with van der Waals surface area (Å²) < 4.78 is 39.8. The summed E-state index contributed by atoms with van der Waals surface area (Å²) in [5.41, 5.74) is 7.21. The van der Waals surface area contributed by atoms with Crippen molar-refractivity contribution in [2.75, 3.05) is 12.9 Å². The number of benzene rings is 2. The Bertz CT molecular complexity index is 1120. The van der Waals surface area contributed by atoms with Crippen LogP contribution in [0.25, 0.3) is 0 Å². The lowest BCUT2D eigenvalue weighted by Gasteiger charge is -2.33. The number of hydrogen-bond donors (Lipinski definition) is 2. The van der Waals surface area contributed by atoms with Crippen molar-refractivity contribution < 1.29 is 36.8 Å². The van der Waals surface area contributed by atoms with E-state index < -0.39 is 39.6 Å². The molecular formula is C25H35NO8S. The van der Waals surface area contributed by atoms with Gasteiger partial charge in [0.25, 0.3) is 10.1 Å². The minimum Gasteiger partial charge on any atom is -0.423 e. The van der Waals surface area contributed by atoms with Crippen LogP contribution < -0.4 is 15.2 Å². The predicted molar refractivity (Wildman–Crippen MR) is 133 cm³/mol. The number of carbonyl (C=O) groups excluding carboxylic acids is 2. The van der Waals surface area contributed by atoms with Gasteiger partial charge in [-0.3, -0.25) is 8.98 Å². The van der Waals surface area contributed by atoms with Gasteiger partial charge in [-0.2, -0.15) is 8.42 Å². The van der Waals surface area contributed by atoms with Crippen LogP contribution in [-0.2, 0) is 19.1 Å². The minimum absolute atomic E-state index is 0.00520. The van der Waals surface area contributed by atoms with Crippen molar-refractivity contribution in [1.29, 1.82) is 0 Å². The number of esters is 2. The maximum atomic E-state index is 12.8. The number of hydrogen-bond acceptors (Lipinski definition) is 9. The fraction of sp³-hybridized carbons (Fsp3) is 0.440. The molecule has 0 aliphatic rings. The Labute approximate surface area is 207 Å². The van der Waals surface area contributed by atoms with E-state index in [1.165, 1.54) is 25.1 Å². The molecule has 0 radical (unpaired) electrons. The molecule has 0 amide bonds. The topological polar surface area (TPSA) is 142 Å². The van der Waals surface area contributed by atoms with Crippen molar-refractivity contribution >= 4 is 22.1 Å². The molecule has 0 heterocycles. The molecule has 0 saturated carbocycles. The standard InChI is InChI=1S/C23H29NO7S.C2H6O/c1-14-9-7-8-10-17(14)22(26)30-19-13-16(11-12-18(19)29-15(2)25)20(31-32(6,27)28)21(24)23(3,4)5;1-2-3/h7-13,20-21H,24H2,1-6H3;3H,2H2,1H3. The Hall–Kier alpha value is -2.79. The summed E-state index contributed by atoms with van der Waals surface area (Å²) >= 11 is 0. The zero-order valence-corrected chi connectivity index (χ0v) is 22.0. The lowest BCUT2D eigenvalue weighted by atomic mass is 9.82. The Morgan fingerprint density at radius 1 is 1.06 bits per heavy atom. The van der Waals surface area contributed by atoms with Crippen molar-refractivity contribution in [3.8, 4) is 11.5 Å². The largest absolute Gasteiger partial charge is 0.423 e. The molecule has 2 rings (SSSR count). The highest BCUT2D eigenvalue weighted by molar-refractivity contribution is 7.86. The van der Waals surface area contributed by atoms with E-state index in [9.17, 15) is 18.0 Å². The van der Waals surface area contributed by atoms with Gasteiger partial charge < -0.3 is 20.3 Å². The molecule has 3 N–H and O–H groups in total. The quantitative estimate of drug-likeness (QED) is 0.325. The summed E-state index contributed by atoms with van der Waals surface area (Å²) in [5.74, 6) is -1.32. The molecule has 2 aromatic carbocycles. The SMILES string of the molecule is CC(=O)Oc1ccc(C(OS(C)(=O)=O)C(N)C(C)(C)C)cc1OC(=O)c1ccccc1C.CCO. The van der Waals surface area contributed by atoms with E-state index in [2.05, 4.69) is 0 Å². The van der Waals surface area contributed by atoms with Gasteiger partial charge in [-0.25, -0.2) is 4.79 Å². The first kappa shape index (κ1) is 30.2. The number of rotatable bonds is 7. The highest BCUT2D eigenvalue weighted by Crippen LogP contribution is 2.37. The average Bonchev–Trinajstić information content (AvgIpc) is 2.72. The van der Waals surface area contributed by atoms with E-state index in [4.69, 9.17) is 24.5 Å². The van der Waals surface area contributed by atoms with Crippen LogP contribution in [-0.4, -0.2) is 44.4 Å². The van der Waals surface area contributed by atoms with E-state index in [0.29, 0.717) is 16.7 Å². The minimum atomic E-state index is -3.86. The van der Waals surface area contributed by atoms with Gasteiger partial charge in [-0.05, 0) is 48.6 Å². The van der Waals surface area contributed by atoms with Gasteiger partial charge in [0, 0.05) is 19.6 Å². The van der Waals surface area contributed by atoms with Crippen molar-refractivity contribution in [1.82, 2.24) is 0 Å². The molecule has 0 fully saturated rings. The highest BCUT2D eigenvalue weighted by Gasteiger charge is 2.34. The highest BCUT2D eigenvalue weighted by atomic mass is 32.2. The molecule has 2 atom stereocenters. The smallest absolute Gasteiger partial charge is 0.343 e. The molecule has 2 aromatic rings. The number of carbonyl (C=O) groups is 2. The molecule has 0 aromatic heterocycles. The first-order chi connectivity index (χ1) is 16.1. The Morgan fingerprint density at radius 2 is 1.63 bits per heavy atom. The number of nitrogens with two attached hydrogens (primary N) is 1. The second kappa shape index (κ2) is 12.8. The van der Waals surface area contributed by atoms with E-state index in [1.54, 1.807) is 38.1 Å². The van der Waals surface area contributed by atoms with Gasteiger partial charge >= 0.3 is 11.9 Å². The maximum Gasteiger partial charge on any atom is 0.343 e. The van der Waals surface area contributed by atoms with Crippen LogP contribution in [0.4, 0.5) is 0 Å². The Balaban J connectivity index is 0.00000194. The van der Waals surface area contributed by atoms with Crippen LogP contribution in [0.1, 0.15) is 62.2 Å². The first-order valence-electron chi connectivity index (χ1n) is 11.0. The van der Waals surface area contributed by atoms with Crippen molar-refractivity contribution in [3.63, 3.8) is 0 Å². The predicted octanol–water partition coefficient (Wildman–Crippen LogP) is 3.53. The summed E-state index contributed by atoms with van der Waals surface area (Å²) in [7, 11) is -3.86. The van der Waals surface area contributed by atoms with Gasteiger partial charge in [0.15, 0.2) is 11.5 Å². The van der Waals surface area contributed by atoms with Crippen LogP contribution in [0.3, 0.4) is 0 Å². The summed E-state index contributed by atoms with van der Waals surface area (Å²) in [6, 6.07) is 10.5. The molecule has 35 heavy (non-hydrogen) atoms. The van der Waals surface area contributed by atoms with Gasteiger partial charge in [0.2, 0.25) is 0 Å². The van der Waals surface area contributed by atoms with E-state index >= 15 is 0 Å². The summed E-state index contributed by atoms with van der Waals surface area (Å²) in [6.07, 6.45) is -0.130. The monoisotopic (exact) mass is 509 g/mol. The van der Waals surface area contributed by atoms with Crippen LogP contribution in [0.15, 0.2) is 42.5 Å². The number of aliphatic hydroxyl groups is 1. The molecule has 0 bridgehead atoms. The molecule has 0 aliphatic carbocycles. The second-order valence-corrected chi connectivity index (χ2v) is 10.5. The third-order valence-electron chi connectivity index (χ3n) is 4.72. The Morgan fingerprint density at radius 3 is 2.11 bits per heavy atom. The van der Waals surface area contributed by atoms with Crippen molar-refractivity contribution in [3.05, 3.63) is 59.2 Å². The van der Waals surface area contributed by atoms with Crippen molar-refractivity contribution in [2.45, 2.75) is 53.7 Å². The normalized spacial score (nSPS) is 13.2. The van der Waals surface area contributed by atoms with Crippen LogP contribution in [0.5, 0.6) is 11.5 Å². The number of aliphatic hydroxyl groups excluding tert-OH is 1. The van der Waals surface area contributed by atoms with Crippen LogP contribution in [0.2, 0.25) is 0 Å². The molecule has 0 aliphatic heterocycles. The van der Waals surface area contributed by atoms with E-state index in [0.717, 1.165) is 6.26 Å². The summed E-state index contributed by atoms with van der Waals surface area (Å²) in [6.45, 7) is 10.5. The third-order valence-corrected chi connectivity index (χ3v) is 5.28. The second-order valence-electron chi connectivity index (χ2n) is 8.93. The molecule has 0 spiro atoms. The van der Waals surface area contributed by atoms with E-state index in [-0.39, 0.29) is 18.1 Å². The molecule has 194 valence electrons. The van der Waals surface area contributed by atoms with Crippen molar-refractivity contribution in [2.24, 2.45) is 11.1 Å². The first-order valence-corrected chi connectivity index (χ1v) is 12.8. The number of aryl methyl sites for hydroxylation is 1.